The maximum absolute atomic E-state index is 12.3. The van der Waals surface area contributed by atoms with E-state index in [0.29, 0.717) is 44.9 Å². The number of aryl methyl sites for hydroxylation is 13. The molecule has 0 saturated heterocycles. The molecule has 12 aromatic carbocycles. The molecule has 14 rings (SSSR count). The highest BCUT2D eigenvalue weighted by molar-refractivity contribution is 7.91. The summed E-state index contributed by atoms with van der Waals surface area (Å²) in [6.45, 7) is 26.2. The quantitative estimate of drug-likeness (QED) is 0.0690. The number of hydrogen-bond acceptors (Lipinski definition) is 12. The van der Waals surface area contributed by atoms with E-state index in [1.165, 1.54) is 61.2 Å². The van der Waals surface area contributed by atoms with Crippen molar-refractivity contribution >= 4 is 62.1 Å². The van der Waals surface area contributed by atoms with Gasteiger partial charge in [-0.3, -0.25) is 4.79 Å². The molecule has 2 aromatic heterocycles. The number of hydrogen-bond donors (Lipinski definition) is 5. The zero-order valence-electron chi connectivity index (χ0n) is 64.1. The van der Waals surface area contributed by atoms with Crippen LogP contribution in [0, 0.1) is 90.0 Å². The molecule has 16 heteroatoms. The Hall–Kier alpha value is -12.9. The van der Waals surface area contributed by atoms with Crippen molar-refractivity contribution in [2.24, 2.45) is 0 Å². The van der Waals surface area contributed by atoms with Crippen LogP contribution in [0.4, 0.5) is 45.1 Å². The van der Waals surface area contributed by atoms with Crippen LogP contribution in [0.1, 0.15) is 139 Å². The topological polar surface area (TPSA) is 206 Å². The Morgan fingerprint density at radius 1 is 0.287 bits per heavy atom. The monoisotopic (exact) mass is 1560 g/mol. The summed E-state index contributed by atoms with van der Waals surface area (Å²) in [5, 5.41) is 23.0. The average molecular weight is 1560 g/mol. The highest BCUT2D eigenvalue weighted by Crippen LogP contribution is 2.26. The molecule has 0 unspecified atom stereocenters. The van der Waals surface area contributed by atoms with Crippen LogP contribution < -0.4 is 26.6 Å². The van der Waals surface area contributed by atoms with Crippen LogP contribution in [0.3, 0.4) is 0 Å². The van der Waals surface area contributed by atoms with Gasteiger partial charge in [-0.25, -0.2) is 13.2 Å². The molecule has 600 valence electrons. The minimum atomic E-state index is -3.37. The third-order valence-corrected chi connectivity index (χ3v) is 18.7. The smallest absolute Gasteiger partial charge is 0.323 e. The number of amides is 3. The molecule has 0 saturated carbocycles. The van der Waals surface area contributed by atoms with Crippen LogP contribution >= 0.6 is 0 Å². The molecule has 0 atom stereocenters. The average Bonchev–Trinajstić information content (AvgIpc) is 1.69. The fourth-order valence-corrected chi connectivity index (χ4v) is 11.6. The summed E-state index contributed by atoms with van der Waals surface area (Å²) < 4.78 is 30.2. The van der Waals surface area contributed by atoms with E-state index in [1.807, 2.05) is 243 Å². The molecular weight excluding hydrogens is 1440 g/mol. The zero-order chi connectivity index (χ0) is 77.8. The lowest BCUT2D eigenvalue weighted by molar-refractivity contribution is 0.102. The molecular formula is C99H118N10O5S. The Kier molecular flexibility index (Phi) is 39.7. The molecule has 115 heavy (non-hydrogen) atoms. The van der Waals surface area contributed by atoms with Crippen LogP contribution in [0.2, 0.25) is 0 Å². The van der Waals surface area contributed by atoms with E-state index in [0.717, 1.165) is 62.7 Å². The number of rotatable bonds is 14. The molecule has 0 aliphatic rings. The highest BCUT2D eigenvalue weighted by atomic mass is 32.2. The van der Waals surface area contributed by atoms with Crippen molar-refractivity contribution < 1.29 is 22.4 Å². The van der Waals surface area contributed by atoms with E-state index in [4.69, 9.17) is 4.42 Å². The van der Waals surface area contributed by atoms with Crippen molar-refractivity contribution in [2.45, 2.75) is 151 Å². The van der Waals surface area contributed by atoms with Gasteiger partial charge in [0.2, 0.25) is 33.5 Å². The second kappa shape index (κ2) is 47.4. The number of benzene rings is 12. The van der Waals surface area contributed by atoms with Gasteiger partial charge < -0.3 is 31.0 Å². The number of carbonyl (C=O) groups is 2. The second-order valence-corrected chi connectivity index (χ2v) is 28.9. The van der Waals surface area contributed by atoms with Gasteiger partial charge in [-0.1, -0.05) is 281 Å². The van der Waals surface area contributed by atoms with Gasteiger partial charge in [0.05, 0.1) is 9.79 Å². The van der Waals surface area contributed by atoms with Crippen molar-refractivity contribution in [1.82, 2.24) is 25.1 Å². The van der Waals surface area contributed by atoms with E-state index >= 15 is 0 Å². The summed E-state index contributed by atoms with van der Waals surface area (Å²) in [4.78, 5) is 37.4. The maximum atomic E-state index is 12.3. The summed E-state index contributed by atoms with van der Waals surface area (Å²) >= 11 is 0. The van der Waals surface area contributed by atoms with Crippen LogP contribution in [0.25, 0.3) is 22.9 Å². The number of urea groups is 1. The molecule has 0 bridgehead atoms. The zero-order valence-corrected chi connectivity index (χ0v) is 64.9. The normalized spacial score (nSPS) is 9.89. The van der Waals surface area contributed by atoms with Gasteiger partial charge >= 0.3 is 6.03 Å². The Morgan fingerprint density at radius 3 is 0.809 bits per heavy atom. The number of nitrogens with zero attached hydrogens (tertiary/aromatic N) is 5. The van der Waals surface area contributed by atoms with Crippen molar-refractivity contribution in [1.29, 1.82) is 0 Å². The first-order valence-electron chi connectivity index (χ1n) is 35.9. The van der Waals surface area contributed by atoms with Crippen LogP contribution in [-0.4, -0.2) is 45.5 Å². The first kappa shape index (κ1) is 96.3. The summed E-state index contributed by atoms with van der Waals surface area (Å²) in [5.74, 6) is 2.73. The minimum Gasteiger partial charge on any atom is -0.416 e. The van der Waals surface area contributed by atoms with Crippen LogP contribution in [-0.2, 0) is 16.3 Å². The minimum absolute atomic E-state index is 0. The third-order valence-electron chi connectivity index (χ3n) is 16.9. The largest absolute Gasteiger partial charge is 0.416 e. The van der Waals surface area contributed by atoms with Crippen molar-refractivity contribution in [3.8, 4) is 22.9 Å². The first-order chi connectivity index (χ1) is 52.3. The Labute approximate surface area is 686 Å². The molecule has 0 spiro atoms. The Morgan fingerprint density at radius 2 is 0.522 bits per heavy atom. The van der Waals surface area contributed by atoms with E-state index in [9.17, 15) is 18.0 Å². The molecule has 0 fully saturated rings. The van der Waals surface area contributed by atoms with E-state index in [2.05, 4.69) is 142 Å². The maximum Gasteiger partial charge on any atom is 0.323 e. The standard InChI is InChI=1S/C18H19N5.C16H14N2O.C15H16N2O.C15H15NO.C15H16.C14H14O2S.6CH4/c1-12-4-8-15(9-5-12)21-17-19-14(3)20-18(23-17)22-16-10-6-13(2)7-11-16;1-11-3-7-13(8-4-11)15-17-18-16(19-15)14-9-5-12(2)6-10-14;1-11-3-7-13(8-4-11)16-15(18)17-14-9-5-12(2)6-10-14;1-11-3-7-13(8-4-11)15(17)16-14-9-5-12(2)6-10-14;1-12-3-7-14(8-4-12)11-15-9-5-13(2)6-10-15;1-11-3-7-13(8-4-11)17(15,16)14-9-5-12(2)6-10-14;;;;;;/h4-11H,1-3H3,(H2,19,20,21,22,23);3-10H,1-2H3;3-10H,1-2H3,(H2,16,17,18);3-10H,1-2H3,(H,16,17);3-10H,11H2,1-2H3;3-10H,1-2H3;6*1H4. The van der Waals surface area contributed by atoms with Gasteiger partial charge in [-0.05, 0) is 229 Å². The Bertz CT molecular complexity index is 5030. The van der Waals surface area contributed by atoms with Gasteiger partial charge in [0, 0.05) is 45.1 Å². The molecule has 5 N–H and O–H groups in total. The predicted octanol–water partition coefficient (Wildman–Crippen LogP) is 26.7. The summed E-state index contributed by atoms with van der Waals surface area (Å²) in [6.07, 6.45) is 1.03. The lowest BCUT2D eigenvalue weighted by Crippen LogP contribution is -2.19. The van der Waals surface area contributed by atoms with Gasteiger partial charge in [0.1, 0.15) is 5.82 Å². The van der Waals surface area contributed by atoms with E-state index in [1.54, 1.807) is 48.5 Å². The van der Waals surface area contributed by atoms with E-state index in [-0.39, 0.29) is 56.5 Å². The molecule has 0 aliphatic heterocycles. The molecule has 2 heterocycles. The number of sulfone groups is 1. The molecule has 14 aromatic rings. The second-order valence-electron chi connectivity index (χ2n) is 26.9. The molecule has 3 amide bonds. The van der Waals surface area contributed by atoms with Crippen molar-refractivity contribution in [3.05, 3.63) is 380 Å². The van der Waals surface area contributed by atoms with E-state index < -0.39 is 9.84 Å². The number of nitrogens with one attached hydrogen (secondary N) is 5. The van der Waals surface area contributed by atoms with Gasteiger partial charge in [-0.2, -0.15) is 15.0 Å². The SMILES string of the molecule is C.C.C.C.C.C.Cc1ccc(-c2nnc(-c3ccc(C)cc3)o2)cc1.Cc1ccc(Cc2ccc(C)cc2)cc1.Cc1ccc(NC(=O)Nc2ccc(C)cc2)cc1.Cc1ccc(NC(=O)c2ccc(C)cc2)cc1.Cc1ccc(Nc2nc(C)nc(Nc3ccc(C)cc3)n2)cc1.Cc1ccc(S(=O)(=O)c2ccc(C)cc2)cc1. The lowest BCUT2D eigenvalue weighted by atomic mass is 10.0. The number of aromatic nitrogens is 5. The highest BCUT2D eigenvalue weighted by Gasteiger charge is 2.17. The van der Waals surface area contributed by atoms with Crippen molar-refractivity contribution in [2.75, 3.05) is 26.6 Å². The first-order valence-corrected chi connectivity index (χ1v) is 37.3. The van der Waals surface area contributed by atoms with Crippen LogP contribution in [0.5, 0.6) is 0 Å². The van der Waals surface area contributed by atoms with Gasteiger partial charge in [0.25, 0.3) is 5.91 Å². The van der Waals surface area contributed by atoms with Crippen LogP contribution in [0.15, 0.2) is 305 Å². The third kappa shape index (κ3) is 32.0. The van der Waals surface area contributed by atoms with Gasteiger partial charge in [0.15, 0.2) is 0 Å². The van der Waals surface area contributed by atoms with Crippen molar-refractivity contribution in [3.63, 3.8) is 0 Å². The Balaban J connectivity index is 0.000000355. The summed E-state index contributed by atoms with van der Waals surface area (Å²) in [7, 11) is -3.37. The fraction of sp³-hybridized carbons (Fsp3) is 0.202. The lowest BCUT2D eigenvalue weighted by Gasteiger charge is -2.09. The molecule has 15 nitrogen and oxygen atoms in total. The summed E-state index contributed by atoms with van der Waals surface area (Å²) in [5.41, 5.74) is 23.8. The predicted molar refractivity (Wildman–Crippen MR) is 487 cm³/mol. The molecule has 0 radical (unpaired) electrons. The van der Waals surface area contributed by atoms with Gasteiger partial charge in [-0.15, -0.1) is 10.2 Å². The number of anilines is 7. The fourth-order valence-electron chi connectivity index (χ4n) is 10.3. The number of carbonyl (C=O) groups excluding carboxylic acids is 2. The summed E-state index contributed by atoms with van der Waals surface area (Å²) in [6, 6.07) is 94.0. The molecule has 0 aliphatic carbocycles.